The normalized spacial score (nSPS) is 10.7. The first-order chi connectivity index (χ1) is 8.75. The number of rotatable bonds is 2. The van der Waals surface area contributed by atoms with E-state index in [-0.39, 0.29) is 5.78 Å². The van der Waals surface area contributed by atoms with Crippen molar-refractivity contribution in [1.29, 1.82) is 0 Å². The van der Waals surface area contributed by atoms with E-state index in [9.17, 15) is 4.79 Å². The number of carbonyl (C=O) groups is 1. The summed E-state index contributed by atoms with van der Waals surface area (Å²) < 4.78 is 0. The van der Waals surface area contributed by atoms with Gasteiger partial charge in [-0.25, -0.2) is 0 Å². The summed E-state index contributed by atoms with van der Waals surface area (Å²) in [6, 6.07) is 14.4. The predicted octanol–water partition coefficient (Wildman–Crippen LogP) is 2.38. The number of hydrogen-bond donors (Lipinski definition) is 2. The second-order valence-corrected chi connectivity index (χ2v) is 4.07. The third kappa shape index (κ3) is 1.64. The Kier molecular flexibility index (Phi) is 2.34. The molecule has 3 aromatic rings. The smallest absolute Gasteiger partial charge is 0.213 e. The van der Waals surface area contributed by atoms with E-state index >= 15 is 0 Å². The maximum absolute atomic E-state index is 12.3. The second kappa shape index (κ2) is 4.00. The minimum absolute atomic E-state index is 0.104. The molecule has 0 spiro atoms. The van der Waals surface area contributed by atoms with E-state index in [0.717, 1.165) is 10.9 Å². The molecule has 4 nitrogen and oxygen atoms in total. The van der Waals surface area contributed by atoms with E-state index < -0.39 is 0 Å². The van der Waals surface area contributed by atoms with Crippen molar-refractivity contribution in [1.82, 2.24) is 10.2 Å². The van der Waals surface area contributed by atoms with E-state index in [0.29, 0.717) is 16.9 Å². The number of H-pyrrole nitrogens is 1. The van der Waals surface area contributed by atoms with Crippen LogP contribution in [-0.2, 0) is 0 Å². The summed E-state index contributed by atoms with van der Waals surface area (Å²) >= 11 is 0. The van der Waals surface area contributed by atoms with Crippen LogP contribution in [0.4, 0.5) is 5.69 Å². The van der Waals surface area contributed by atoms with Gasteiger partial charge in [-0.1, -0.05) is 18.2 Å². The molecule has 3 N–H and O–H groups in total. The van der Waals surface area contributed by atoms with Gasteiger partial charge in [-0.05, 0) is 30.3 Å². The highest BCUT2D eigenvalue weighted by Gasteiger charge is 2.15. The maximum Gasteiger partial charge on any atom is 0.213 e. The van der Waals surface area contributed by atoms with Gasteiger partial charge in [0.15, 0.2) is 0 Å². The van der Waals surface area contributed by atoms with Gasteiger partial charge in [0.2, 0.25) is 5.78 Å². The molecule has 0 aliphatic heterocycles. The van der Waals surface area contributed by atoms with Gasteiger partial charge >= 0.3 is 0 Å². The van der Waals surface area contributed by atoms with E-state index in [2.05, 4.69) is 10.2 Å². The molecule has 3 rings (SSSR count). The number of nitrogen functional groups attached to an aromatic ring is 1. The van der Waals surface area contributed by atoms with Gasteiger partial charge in [0.1, 0.15) is 5.69 Å². The van der Waals surface area contributed by atoms with Gasteiger partial charge in [-0.15, -0.1) is 0 Å². The molecular formula is C14H11N3O. The van der Waals surface area contributed by atoms with Crippen LogP contribution < -0.4 is 5.73 Å². The molecule has 4 heteroatoms. The number of anilines is 1. The number of ketones is 1. The lowest BCUT2D eigenvalue weighted by Crippen LogP contribution is -2.02. The standard InChI is InChI=1S/C14H11N3O/c15-10-7-5-9(6-8-10)14(18)13-11-3-1-2-4-12(11)16-17-13/h1-8H,15H2,(H,16,17). The van der Waals surface area contributed by atoms with Crippen LogP contribution in [0, 0.1) is 0 Å². The fourth-order valence-electron chi connectivity index (χ4n) is 1.91. The minimum atomic E-state index is -0.104. The second-order valence-electron chi connectivity index (χ2n) is 4.07. The summed E-state index contributed by atoms with van der Waals surface area (Å²) in [7, 11) is 0. The highest BCUT2D eigenvalue weighted by molar-refractivity contribution is 6.14. The van der Waals surface area contributed by atoms with Gasteiger partial charge < -0.3 is 5.73 Å². The third-order valence-electron chi connectivity index (χ3n) is 2.86. The van der Waals surface area contributed by atoms with Crippen molar-refractivity contribution in [2.45, 2.75) is 0 Å². The average molecular weight is 237 g/mol. The van der Waals surface area contributed by atoms with Crippen LogP contribution in [0.3, 0.4) is 0 Å². The van der Waals surface area contributed by atoms with Gasteiger partial charge in [0, 0.05) is 16.6 Å². The zero-order valence-corrected chi connectivity index (χ0v) is 9.55. The SMILES string of the molecule is Nc1ccc(C(=O)c2n[nH]c3ccccc23)cc1. The molecule has 0 saturated carbocycles. The molecule has 0 unspecified atom stereocenters. The largest absolute Gasteiger partial charge is 0.399 e. The van der Waals surface area contributed by atoms with Crippen molar-refractivity contribution in [3.8, 4) is 0 Å². The first kappa shape index (κ1) is 10.5. The Hall–Kier alpha value is -2.62. The number of nitrogens with two attached hydrogens (primary N) is 1. The summed E-state index contributed by atoms with van der Waals surface area (Å²) in [6.07, 6.45) is 0. The fraction of sp³-hybridized carbons (Fsp3) is 0. The van der Waals surface area contributed by atoms with E-state index in [1.54, 1.807) is 24.3 Å². The van der Waals surface area contributed by atoms with Crippen LogP contribution in [0.15, 0.2) is 48.5 Å². The molecule has 2 aromatic carbocycles. The van der Waals surface area contributed by atoms with Crippen molar-refractivity contribution in [3.05, 3.63) is 59.8 Å². The number of hydrogen-bond acceptors (Lipinski definition) is 3. The molecule has 0 bridgehead atoms. The third-order valence-corrected chi connectivity index (χ3v) is 2.86. The molecular weight excluding hydrogens is 226 g/mol. The Morgan fingerprint density at radius 3 is 2.56 bits per heavy atom. The van der Waals surface area contributed by atoms with Gasteiger partial charge in [-0.2, -0.15) is 5.10 Å². The molecule has 18 heavy (non-hydrogen) atoms. The number of nitrogens with one attached hydrogen (secondary N) is 1. The molecule has 0 aliphatic rings. The van der Waals surface area contributed by atoms with Crippen LogP contribution in [0.5, 0.6) is 0 Å². The lowest BCUT2D eigenvalue weighted by molar-refractivity contribution is 0.103. The van der Waals surface area contributed by atoms with E-state index in [1.165, 1.54) is 0 Å². The lowest BCUT2D eigenvalue weighted by Gasteiger charge is -1.99. The lowest BCUT2D eigenvalue weighted by atomic mass is 10.1. The van der Waals surface area contributed by atoms with Crippen LogP contribution >= 0.6 is 0 Å². The highest BCUT2D eigenvalue weighted by atomic mass is 16.1. The Bertz CT molecular complexity index is 713. The Balaban J connectivity index is 2.09. The molecule has 0 aliphatic carbocycles. The van der Waals surface area contributed by atoms with Crippen molar-refractivity contribution in [2.75, 3.05) is 5.73 Å². The quantitative estimate of drug-likeness (QED) is 0.531. The van der Waals surface area contributed by atoms with E-state index in [4.69, 9.17) is 5.73 Å². The van der Waals surface area contributed by atoms with Crippen LogP contribution in [0.2, 0.25) is 0 Å². The first-order valence-corrected chi connectivity index (χ1v) is 5.59. The number of para-hydroxylation sites is 1. The van der Waals surface area contributed by atoms with Crippen molar-refractivity contribution >= 4 is 22.4 Å². The minimum Gasteiger partial charge on any atom is -0.399 e. The number of carbonyl (C=O) groups excluding carboxylic acids is 1. The molecule has 0 atom stereocenters. The Labute approximate surface area is 103 Å². The molecule has 0 fully saturated rings. The molecule has 1 aromatic heterocycles. The Morgan fingerprint density at radius 1 is 1.06 bits per heavy atom. The number of aromatic amines is 1. The van der Waals surface area contributed by atoms with Crippen LogP contribution in [0.25, 0.3) is 10.9 Å². The zero-order valence-electron chi connectivity index (χ0n) is 9.55. The summed E-state index contributed by atoms with van der Waals surface area (Å²) in [5.74, 6) is -0.104. The average Bonchev–Trinajstić information content (AvgIpc) is 2.82. The summed E-state index contributed by atoms with van der Waals surface area (Å²) in [6.45, 7) is 0. The highest BCUT2D eigenvalue weighted by Crippen LogP contribution is 2.19. The molecule has 0 saturated heterocycles. The fourth-order valence-corrected chi connectivity index (χ4v) is 1.91. The van der Waals surface area contributed by atoms with Crippen LogP contribution in [0.1, 0.15) is 16.1 Å². The summed E-state index contributed by atoms with van der Waals surface area (Å²) in [4.78, 5) is 12.3. The summed E-state index contributed by atoms with van der Waals surface area (Å²) in [5, 5.41) is 7.78. The maximum atomic E-state index is 12.3. The van der Waals surface area contributed by atoms with Crippen molar-refractivity contribution < 1.29 is 4.79 Å². The molecule has 0 radical (unpaired) electrons. The predicted molar refractivity (Wildman–Crippen MR) is 70.4 cm³/mol. The van der Waals surface area contributed by atoms with Gasteiger partial charge in [-0.3, -0.25) is 9.89 Å². The Morgan fingerprint density at radius 2 is 1.78 bits per heavy atom. The first-order valence-electron chi connectivity index (χ1n) is 5.59. The number of nitrogens with zero attached hydrogens (tertiary/aromatic N) is 1. The monoisotopic (exact) mass is 237 g/mol. The zero-order chi connectivity index (χ0) is 12.5. The van der Waals surface area contributed by atoms with Gasteiger partial charge in [0.05, 0.1) is 5.52 Å². The number of aromatic nitrogens is 2. The van der Waals surface area contributed by atoms with Crippen molar-refractivity contribution in [2.24, 2.45) is 0 Å². The topological polar surface area (TPSA) is 71.8 Å². The summed E-state index contributed by atoms with van der Waals surface area (Å²) in [5.41, 5.74) is 8.12. The van der Waals surface area contributed by atoms with Gasteiger partial charge in [0.25, 0.3) is 0 Å². The molecule has 88 valence electrons. The number of benzene rings is 2. The van der Waals surface area contributed by atoms with E-state index in [1.807, 2.05) is 24.3 Å². The van der Waals surface area contributed by atoms with Crippen molar-refractivity contribution in [3.63, 3.8) is 0 Å². The number of fused-ring (bicyclic) bond motifs is 1. The molecule has 1 heterocycles. The molecule has 0 amide bonds. The van der Waals surface area contributed by atoms with Crippen LogP contribution in [-0.4, -0.2) is 16.0 Å².